The summed E-state index contributed by atoms with van der Waals surface area (Å²) in [5.74, 6) is 0.356. The van der Waals surface area contributed by atoms with Crippen LogP contribution < -0.4 is 4.80 Å². The van der Waals surface area contributed by atoms with E-state index in [1.807, 2.05) is 29.8 Å². The first-order valence-corrected chi connectivity index (χ1v) is 10.4. The lowest BCUT2D eigenvalue weighted by atomic mass is 10.2. The molecule has 0 radical (unpaired) electrons. The second kappa shape index (κ2) is 8.54. The van der Waals surface area contributed by atoms with Crippen molar-refractivity contribution in [3.8, 4) is 0 Å². The Morgan fingerprint density at radius 1 is 1.11 bits per heavy atom. The number of thiazole rings is 1. The van der Waals surface area contributed by atoms with Gasteiger partial charge in [-0.05, 0) is 55.1 Å². The molecule has 0 spiro atoms. The second-order valence-electron chi connectivity index (χ2n) is 5.72. The van der Waals surface area contributed by atoms with E-state index in [2.05, 4.69) is 11.9 Å². The van der Waals surface area contributed by atoms with Crippen molar-refractivity contribution in [3.05, 3.63) is 58.4 Å². The average molecular weight is 401 g/mol. The standard InChI is InChI=1S/C20H20N2O3S2/c1-4-25-19(24)14-8-11-16-17(12-14)27-20(22(16)3)21-18(23)13-6-9-15(10-7-13)26-5-2/h6-12H,4-5H2,1-3H3. The molecule has 0 aliphatic rings. The number of ether oxygens (including phenoxy) is 1. The molecule has 1 aromatic heterocycles. The highest BCUT2D eigenvalue weighted by atomic mass is 32.2. The largest absolute Gasteiger partial charge is 0.462 e. The van der Waals surface area contributed by atoms with Gasteiger partial charge in [-0.2, -0.15) is 4.99 Å². The number of benzene rings is 2. The molecule has 2 aromatic carbocycles. The van der Waals surface area contributed by atoms with E-state index in [1.54, 1.807) is 43.0 Å². The summed E-state index contributed by atoms with van der Waals surface area (Å²) in [7, 11) is 1.86. The second-order valence-corrected chi connectivity index (χ2v) is 8.07. The van der Waals surface area contributed by atoms with Gasteiger partial charge in [0.2, 0.25) is 0 Å². The Hall–Kier alpha value is -2.38. The molecule has 0 saturated heterocycles. The van der Waals surface area contributed by atoms with Gasteiger partial charge in [0.25, 0.3) is 5.91 Å². The number of hydrogen-bond acceptors (Lipinski definition) is 5. The van der Waals surface area contributed by atoms with E-state index in [1.165, 1.54) is 11.3 Å². The lowest BCUT2D eigenvalue weighted by Gasteiger charge is -2.01. The zero-order valence-electron chi connectivity index (χ0n) is 15.4. The van der Waals surface area contributed by atoms with Gasteiger partial charge in [0.1, 0.15) is 0 Å². The number of nitrogens with zero attached hydrogens (tertiary/aromatic N) is 2. The monoisotopic (exact) mass is 400 g/mol. The minimum Gasteiger partial charge on any atom is -0.462 e. The summed E-state index contributed by atoms with van der Waals surface area (Å²) in [4.78, 5) is 30.4. The first kappa shape index (κ1) is 19.4. The van der Waals surface area contributed by atoms with Crippen molar-refractivity contribution in [1.82, 2.24) is 4.57 Å². The van der Waals surface area contributed by atoms with Crippen LogP contribution in [0.3, 0.4) is 0 Å². The SMILES string of the molecule is CCOC(=O)c1ccc2c(c1)sc(=NC(=O)c1ccc(SCC)cc1)n2C. The van der Waals surface area contributed by atoms with E-state index in [9.17, 15) is 9.59 Å². The first-order valence-electron chi connectivity index (χ1n) is 8.62. The number of rotatable bonds is 5. The number of aryl methyl sites for hydroxylation is 1. The van der Waals surface area contributed by atoms with Crippen LogP contribution in [0.25, 0.3) is 10.2 Å². The molecule has 140 valence electrons. The van der Waals surface area contributed by atoms with Gasteiger partial charge in [0, 0.05) is 17.5 Å². The maximum atomic E-state index is 12.5. The first-order chi connectivity index (χ1) is 13.0. The van der Waals surface area contributed by atoms with E-state index in [4.69, 9.17) is 4.74 Å². The van der Waals surface area contributed by atoms with Crippen LogP contribution >= 0.6 is 23.1 Å². The summed E-state index contributed by atoms with van der Waals surface area (Å²) in [6.45, 7) is 4.20. The third-order valence-electron chi connectivity index (χ3n) is 3.93. The normalized spacial score (nSPS) is 11.7. The molecule has 0 bridgehead atoms. The molecule has 27 heavy (non-hydrogen) atoms. The number of amides is 1. The van der Waals surface area contributed by atoms with Crippen molar-refractivity contribution in [2.24, 2.45) is 12.0 Å². The van der Waals surface area contributed by atoms with E-state index in [0.29, 0.717) is 22.5 Å². The van der Waals surface area contributed by atoms with Crippen LogP contribution in [0.1, 0.15) is 34.6 Å². The molecule has 0 N–H and O–H groups in total. The van der Waals surface area contributed by atoms with Gasteiger partial charge in [0.05, 0.1) is 22.4 Å². The summed E-state index contributed by atoms with van der Waals surface area (Å²) >= 11 is 3.10. The van der Waals surface area contributed by atoms with Crippen molar-refractivity contribution in [2.45, 2.75) is 18.7 Å². The number of esters is 1. The third kappa shape index (κ3) is 4.31. The number of thioether (sulfide) groups is 1. The lowest BCUT2D eigenvalue weighted by molar-refractivity contribution is 0.0526. The Labute approximate surface area is 165 Å². The predicted octanol–water partition coefficient (Wildman–Crippen LogP) is 4.27. The van der Waals surface area contributed by atoms with Crippen LogP contribution in [-0.2, 0) is 11.8 Å². The zero-order chi connectivity index (χ0) is 19.4. The smallest absolute Gasteiger partial charge is 0.338 e. The molecule has 0 unspecified atom stereocenters. The number of fused-ring (bicyclic) bond motifs is 1. The Kier molecular flexibility index (Phi) is 6.13. The number of carbonyl (C=O) groups excluding carboxylic acids is 2. The topological polar surface area (TPSA) is 60.7 Å². The highest BCUT2D eigenvalue weighted by Crippen LogP contribution is 2.20. The maximum Gasteiger partial charge on any atom is 0.338 e. The molecule has 1 amide bonds. The third-order valence-corrected chi connectivity index (χ3v) is 5.92. The minimum atomic E-state index is -0.352. The fourth-order valence-corrected chi connectivity index (χ4v) is 4.31. The molecule has 3 rings (SSSR count). The van der Waals surface area contributed by atoms with Crippen LogP contribution in [-0.4, -0.2) is 28.8 Å². The van der Waals surface area contributed by atoms with Gasteiger partial charge in [-0.15, -0.1) is 11.8 Å². The summed E-state index contributed by atoms with van der Waals surface area (Å²) in [5.41, 5.74) is 1.96. The quantitative estimate of drug-likeness (QED) is 0.474. The number of hydrogen-bond donors (Lipinski definition) is 0. The fourth-order valence-electron chi connectivity index (χ4n) is 2.59. The van der Waals surface area contributed by atoms with Crippen LogP contribution in [0.15, 0.2) is 52.4 Å². The van der Waals surface area contributed by atoms with Gasteiger partial charge in [-0.25, -0.2) is 4.79 Å². The molecule has 0 atom stereocenters. The Bertz CT molecular complexity index is 1050. The molecule has 5 nitrogen and oxygen atoms in total. The summed E-state index contributed by atoms with van der Waals surface area (Å²) < 4.78 is 7.78. The van der Waals surface area contributed by atoms with Crippen molar-refractivity contribution in [2.75, 3.05) is 12.4 Å². The van der Waals surface area contributed by atoms with Crippen molar-refractivity contribution < 1.29 is 14.3 Å². The molecule has 7 heteroatoms. The van der Waals surface area contributed by atoms with Crippen molar-refractivity contribution in [3.63, 3.8) is 0 Å². The molecule has 0 fully saturated rings. The maximum absolute atomic E-state index is 12.5. The van der Waals surface area contributed by atoms with Gasteiger partial charge >= 0.3 is 5.97 Å². The fraction of sp³-hybridized carbons (Fsp3) is 0.250. The van der Waals surface area contributed by atoms with Crippen molar-refractivity contribution >= 4 is 45.2 Å². The van der Waals surface area contributed by atoms with Crippen LogP contribution in [0.4, 0.5) is 0 Å². The Morgan fingerprint density at radius 3 is 2.48 bits per heavy atom. The van der Waals surface area contributed by atoms with Crippen LogP contribution in [0.2, 0.25) is 0 Å². The molecule has 0 aliphatic heterocycles. The highest BCUT2D eigenvalue weighted by Gasteiger charge is 2.11. The zero-order valence-corrected chi connectivity index (χ0v) is 17.0. The van der Waals surface area contributed by atoms with E-state index in [0.717, 1.165) is 20.9 Å². The Balaban J connectivity index is 1.94. The highest BCUT2D eigenvalue weighted by molar-refractivity contribution is 7.99. The Morgan fingerprint density at radius 2 is 1.81 bits per heavy atom. The van der Waals surface area contributed by atoms with Crippen LogP contribution in [0.5, 0.6) is 0 Å². The van der Waals surface area contributed by atoms with E-state index in [-0.39, 0.29) is 11.9 Å². The predicted molar refractivity (Wildman–Crippen MR) is 109 cm³/mol. The van der Waals surface area contributed by atoms with Crippen molar-refractivity contribution in [1.29, 1.82) is 0 Å². The number of aromatic nitrogens is 1. The van der Waals surface area contributed by atoms with E-state index >= 15 is 0 Å². The molecular weight excluding hydrogens is 380 g/mol. The van der Waals surface area contributed by atoms with Gasteiger partial charge in [-0.3, -0.25) is 4.79 Å². The summed E-state index contributed by atoms with van der Waals surface area (Å²) in [6, 6.07) is 12.8. The van der Waals surface area contributed by atoms with Gasteiger partial charge in [0.15, 0.2) is 4.80 Å². The molecule has 3 aromatic rings. The molecule has 0 aliphatic carbocycles. The van der Waals surface area contributed by atoms with Crippen LogP contribution in [0, 0.1) is 0 Å². The molecule has 0 saturated carbocycles. The minimum absolute atomic E-state index is 0.282. The summed E-state index contributed by atoms with van der Waals surface area (Å²) in [5, 5.41) is 0. The lowest BCUT2D eigenvalue weighted by Crippen LogP contribution is -2.13. The van der Waals surface area contributed by atoms with Gasteiger partial charge < -0.3 is 9.30 Å². The average Bonchev–Trinajstić information content (AvgIpc) is 2.98. The molecular formula is C20H20N2O3S2. The molecule has 1 heterocycles. The summed E-state index contributed by atoms with van der Waals surface area (Å²) in [6.07, 6.45) is 0. The van der Waals surface area contributed by atoms with E-state index < -0.39 is 0 Å². The van der Waals surface area contributed by atoms with Gasteiger partial charge in [-0.1, -0.05) is 18.3 Å². The number of carbonyl (C=O) groups is 2.